The highest BCUT2D eigenvalue weighted by Gasteiger charge is 2.22. The fourth-order valence-corrected chi connectivity index (χ4v) is 4.15. The minimum atomic E-state index is 0.531. The van der Waals surface area contributed by atoms with Gasteiger partial charge in [0.2, 0.25) is 0 Å². The molecular weight excluding hydrogens is 326 g/mol. The Morgan fingerprint density at radius 1 is 1.15 bits per heavy atom. The number of piperidine rings is 2. The Morgan fingerprint density at radius 2 is 1.92 bits per heavy atom. The van der Waals surface area contributed by atoms with Gasteiger partial charge in [-0.15, -0.1) is 0 Å². The van der Waals surface area contributed by atoms with Crippen molar-refractivity contribution in [2.45, 2.75) is 45.6 Å². The Kier molecular flexibility index (Phi) is 9.72. The zero-order valence-corrected chi connectivity index (χ0v) is 17.5. The van der Waals surface area contributed by atoms with Crippen molar-refractivity contribution >= 4 is 5.96 Å². The van der Waals surface area contributed by atoms with Crippen LogP contribution < -0.4 is 10.6 Å². The Balaban J connectivity index is 1.66. The molecule has 1 atom stereocenters. The van der Waals surface area contributed by atoms with E-state index in [0.29, 0.717) is 6.04 Å². The lowest BCUT2D eigenvalue weighted by atomic mass is 9.97. The monoisotopic (exact) mass is 367 g/mol. The number of methoxy groups -OCH3 is 1. The molecule has 0 saturated carbocycles. The first-order chi connectivity index (χ1) is 12.6. The molecule has 152 valence electrons. The van der Waals surface area contributed by atoms with Crippen LogP contribution in [0.15, 0.2) is 4.99 Å². The molecule has 0 bridgehead atoms. The van der Waals surface area contributed by atoms with E-state index in [2.05, 4.69) is 39.3 Å². The largest absolute Gasteiger partial charge is 0.383 e. The molecule has 0 spiro atoms. The van der Waals surface area contributed by atoms with Gasteiger partial charge in [-0.05, 0) is 44.1 Å². The predicted octanol–water partition coefficient (Wildman–Crippen LogP) is 1.63. The summed E-state index contributed by atoms with van der Waals surface area (Å²) in [6, 6.07) is 0.531. The highest BCUT2D eigenvalue weighted by atomic mass is 16.5. The smallest absolute Gasteiger partial charge is 0.191 e. The second kappa shape index (κ2) is 11.8. The third-order valence-electron chi connectivity index (χ3n) is 5.55. The molecule has 6 nitrogen and oxygen atoms in total. The summed E-state index contributed by atoms with van der Waals surface area (Å²) in [6.45, 7) is 13.5. The summed E-state index contributed by atoms with van der Waals surface area (Å²) in [7, 11) is 3.66. The molecular formula is C20H41N5O. The van der Waals surface area contributed by atoms with Gasteiger partial charge in [-0.25, -0.2) is 0 Å². The van der Waals surface area contributed by atoms with Crippen LogP contribution in [-0.4, -0.2) is 88.4 Å². The van der Waals surface area contributed by atoms with E-state index < -0.39 is 0 Å². The molecule has 2 aliphatic rings. The van der Waals surface area contributed by atoms with Crippen LogP contribution in [0.4, 0.5) is 0 Å². The Morgan fingerprint density at radius 3 is 2.58 bits per heavy atom. The lowest BCUT2D eigenvalue weighted by Gasteiger charge is -2.35. The van der Waals surface area contributed by atoms with Crippen molar-refractivity contribution in [1.29, 1.82) is 0 Å². The van der Waals surface area contributed by atoms with Gasteiger partial charge in [-0.1, -0.05) is 13.8 Å². The van der Waals surface area contributed by atoms with Crippen molar-refractivity contribution in [3.05, 3.63) is 0 Å². The van der Waals surface area contributed by atoms with Crippen molar-refractivity contribution in [2.24, 2.45) is 16.8 Å². The van der Waals surface area contributed by atoms with Gasteiger partial charge in [-0.2, -0.15) is 0 Å². The molecule has 2 heterocycles. The van der Waals surface area contributed by atoms with Crippen LogP contribution in [-0.2, 0) is 4.74 Å². The van der Waals surface area contributed by atoms with Crippen LogP contribution in [0.25, 0.3) is 0 Å². The molecule has 26 heavy (non-hydrogen) atoms. The number of nitrogens with zero attached hydrogens (tertiary/aromatic N) is 3. The quantitative estimate of drug-likeness (QED) is 0.504. The van der Waals surface area contributed by atoms with Crippen molar-refractivity contribution in [3.8, 4) is 0 Å². The molecule has 2 saturated heterocycles. The summed E-state index contributed by atoms with van der Waals surface area (Å²) in [4.78, 5) is 9.57. The van der Waals surface area contributed by atoms with Gasteiger partial charge < -0.3 is 25.2 Å². The Labute approximate surface area is 160 Å². The van der Waals surface area contributed by atoms with Crippen LogP contribution in [0.5, 0.6) is 0 Å². The maximum Gasteiger partial charge on any atom is 0.191 e. The van der Waals surface area contributed by atoms with Crippen LogP contribution in [0, 0.1) is 11.8 Å². The number of likely N-dealkylation sites (tertiary alicyclic amines) is 2. The van der Waals surface area contributed by atoms with Crippen molar-refractivity contribution < 1.29 is 4.74 Å². The lowest BCUT2D eigenvalue weighted by Crippen LogP contribution is -2.50. The van der Waals surface area contributed by atoms with Crippen LogP contribution >= 0.6 is 0 Å². The molecule has 0 aliphatic carbocycles. The van der Waals surface area contributed by atoms with Gasteiger partial charge in [-0.3, -0.25) is 4.99 Å². The average molecular weight is 368 g/mol. The van der Waals surface area contributed by atoms with E-state index in [1.807, 2.05) is 7.05 Å². The molecule has 0 amide bonds. The lowest BCUT2D eigenvalue weighted by molar-refractivity contribution is 0.128. The van der Waals surface area contributed by atoms with Crippen LogP contribution in [0.2, 0.25) is 0 Å². The number of guanidine groups is 1. The van der Waals surface area contributed by atoms with Crippen molar-refractivity contribution in [1.82, 2.24) is 20.4 Å². The molecule has 0 aromatic heterocycles. The van der Waals surface area contributed by atoms with E-state index in [1.54, 1.807) is 7.11 Å². The third kappa shape index (κ3) is 7.80. The zero-order chi connectivity index (χ0) is 18.8. The number of hydrogen-bond acceptors (Lipinski definition) is 4. The SMILES string of the molecule is CN=C(NCC1CCCN(CC(C)C)C1)NC1CCN(CCOC)CC1. The number of rotatable bonds is 8. The number of ether oxygens (including phenoxy) is 1. The maximum absolute atomic E-state index is 5.18. The van der Waals surface area contributed by atoms with Gasteiger partial charge in [0, 0.05) is 59.5 Å². The fourth-order valence-electron chi connectivity index (χ4n) is 4.15. The van der Waals surface area contributed by atoms with Crippen LogP contribution in [0.1, 0.15) is 39.5 Å². The molecule has 0 aromatic carbocycles. The van der Waals surface area contributed by atoms with Gasteiger partial charge in [0.15, 0.2) is 5.96 Å². The summed E-state index contributed by atoms with van der Waals surface area (Å²) in [6.07, 6.45) is 5.01. The first-order valence-electron chi connectivity index (χ1n) is 10.5. The molecule has 2 aliphatic heterocycles. The first-order valence-corrected chi connectivity index (χ1v) is 10.5. The topological polar surface area (TPSA) is 52.1 Å². The van der Waals surface area contributed by atoms with Gasteiger partial charge in [0.25, 0.3) is 0 Å². The molecule has 1 unspecified atom stereocenters. The van der Waals surface area contributed by atoms with Crippen LogP contribution in [0.3, 0.4) is 0 Å². The van der Waals surface area contributed by atoms with E-state index in [9.17, 15) is 0 Å². The maximum atomic E-state index is 5.18. The minimum absolute atomic E-state index is 0.531. The molecule has 2 rings (SSSR count). The minimum Gasteiger partial charge on any atom is -0.383 e. The highest BCUT2D eigenvalue weighted by molar-refractivity contribution is 5.79. The number of aliphatic imine (C=N–C) groups is 1. The summed E-state index contributed by atoms with van der Waals surface area (Å²) in [5, 5.41) is 7.22. The Bertz CT molecular complexity index is 407. The standard InChI is InChI=1S/C20H41N5O/c1-17(2)15-25-9-5-6-18(16-25)14-22-20(21-3)23-19-7-10-24(11-8-19)12-13-26-4/h17-19H,5-16H2,1-4H3,(H2,21,22,23). The summed E-state index contributed by atoms with van der Waals surface area (Å²) in [5.41, 5.74) is 0. The van der Waals surface area contributed by atoms with E-state index in [1.165, 1.54) is 45.3 Å². The van der Waals surface area contributed by atoms with E-state index in [0.717, 1.165) is 50.6 Å². The third-order valence-corrected chi connectivity index (χ3v) is 5.55. The highest BCUT2D eigenvalue weighted by Crippen LogP contribution is 2.17. The summed E-state index contributed by atoms with van der Waals surface area (Å²) in [5.74, 6) is 2.46. The summed E-state index contributed by atoms with van der Waals surface area (Å²) >= 11 is 0. The van der Waals surface area contributed by atoms with E-state index >= 15 is 0 Å². The average Bonchev–Trinajstić information content (AvgIpc) is 2.64. The number of hydrogen-bond donors (Lipinski definition) is 2. The molecule has 6 heteroatoms. The van der Waals surface area contributed by atoms with Gasteiger partial charge in [0.05, 0.1) is 6.61 Å². The van der Waals surface area contributed by atoms with Crippen molar-refractivity contribution in [3.63, 3.8) is 0 Å². The zero-order valence-electron chi connectivity index (χ0n) is 17.5. The van der Waals surface area contributed by atoms with E-state index in [4.69, 9.17) is 4.74 Å². The molecule has 0 radical (unpaired) electrons. The van der Waals surface area contributed by atoms with Gasteiger partial charge in [0.1, 0.15) is 0 Å². The molecule has 2 fully saturated rings. The van der Waals surface area contributed by atoms with E-state index in [-0.39, 0.29) is 0 Å². The normalized spacial score (nSPS) is 24.2. The summed E-state index contributed by atoms with van der Waals surface area (Å²) < 4.78 is 5.18. The van der Waals surface area contributed by atoms with Gasteiger partial charge >= 0.3 is 0 Å². The second-order valence-corrected chi connectivity index (χ2v) is 8.37. The molecule has 2 N–H and O–H groups in total. The fraction of sp³-hybridized carbons (Fsp3) is 0.950. The second-order valence-electron chi connectivity index (χ2n) is 8.37. The number of nitrogens with one attached hydrogen (secondary N) is 2. The Hall–Kier alpha value is -0.850. The van der Waals surface area contributed by atoms with Crippen molar-refractivity contribution in [2.75, 3.05) is 66.6 Å². The first kappa shape index (κ1) is 21.5. The molecule has 0 aromatic rings. The predicted molar refractivity (Wildman–Crippen MR) is 110 cm³/mol.